The number of amides is 1. The van der Waals surface area contributed by atoms with Gasteiger partial charge in [-0.1, -0.05) is 19.1 Å². The number of carbonyl (C=O) groups excluding carboxylic acids is 2. The van der Waals surface area contributed by atoms with E-state index in [4.69, 9.17) is 9.15 Å². The fraction of sp³-hybridized carbons (Fsp3) is 0.350. The Bertz CT molecular complexity index is 1120. The Morgan fingerprint density at radius 1 is 1.36 bits per heavy atom. The van der Waals surface area contributed by atoms with Crippen molar-refractivity contribution in [2.24, 2.45) is 5.92 Å². The minimum atomic E-state index is -0.594. The number of hydrogen-bond acceptors (Lipinski definition) is 6. The highest BCUT2D eigenvalue weighted by Gasteiger charge is 2.29. The first-order chi connectivity index (χ1) is 13.5. The summed E-state index contributed by atoms with van der Waals surface area (Å²) in [7, 11) is 1.33. The van der Waals surface area contributed by atoms with Gasteiger partial charge in [-0.3, -0.25) is 9.36 Å². The van der Waals surface area contributed by atoms with Crippen molar-refractivity contribution in [3.8, 4) is 0 Å². The van der Waals surface area contributed by atoms with Crippen LogP contribution in [-0.4, -0.2) is 23.6 Å². The van der Waals surface area contributed by atoms with Gasteiger partial charge in [0.1, 0.15) is 11.5 Å². The first-order valence-corrected chi connectivity index (χ1v) is 9.90. The van der Waals surface area contributed by atoms with Crippen molar-refractivity contribution < 1.29 is 18.7 Å². The molecule has 1 atom stereocenters. The summed E-state index contributed by atoms with van der Waals surface area (Å²) in [5.41, 5.74) is 2.38. The summed E-state index contributed by atoms with van der Waals surface area (Å²) < 4.78 is 11.4. The van der Waals surface area contributed by atoms with Crippen LogP contribution in [0, 0.1) is 5.92 Å². The zero-order valence-electron chi connectivity index (χ0n) is 15.6. The van der Waals surface area contributed by atoms with Crippen LogP contribution in [0.15, 0.2) is 33.5 Å². The quantitative estimate of drug-likeness (QED) is 0.679. The molecule has 7 nitrogen and oxygen atoms in total. The molecular formula is C20H20N2O5S. The maximum absolute atomic E-state index is 12.7. The van der Waals surface area contributed by atoms with Crippen molar-refractivity contribution in [1.29, 1.82) is 0 Å². The Kier molecular flexibility index (Phi) is 4.80. The molecule has 1 aliphatic rings. The number of carbonyl (C=O) groups is 2. The number of anilines is 1. The third-order valence-electron chi connectivity index (χ3n) is 5.03. The molecule has 0 saturated heterocycles. The van der Waals surface area contributed by atoms with Crippen molar-refractivity contribution in [2.45, 2.75) is 32.7 Å². The monoisotopic (exact) mass is 400 g/mol. The fourth-order valence-corrected chi connectivity index (χ4v) is 5.05. The van der Waals surface area contributed by atoms with Crippen LogP contribution in [0.1, 0.15) is 34.1 Å². The lowest BCUT2D eigenvalue weighted by Crippen LogP contribution is -2.25. The maximum Gasteiger partial charge on any atom is 0.420 e. The van der Waals surface area contributed by atoms with E-state index in [0.717, 1.165) is 29.7 Å². The largest absolute Gasteiger partial charge is 0.465 e. The second kappa shape index (κ2) is 7.27. The third kappa shape index (κ3) is 3.24. The minimum absolute atomic E-state index is 0.199. The van der Waals surface area contributed by atoms with E-state index >= 15 is 0 Å². The fourth-order valence-electron chi connectivity index (χ4n) is 3.63. The van der Waals surface area contributed by atoms with Gasteiger partial charge in [-0.15, -0.1) is 11.3 Å². The van der Waals surface area contributed by atoms with E-state index in [9.17, 15) is 14.4 Å². The van der Waals surface area contributed by atoms with E-state index in [-0.39, 0.29) is 6.54 Å². The van der Waals surface area contributed by atoms with Crippen LogP contribution in [-0.2, 0) is 28.9 Å². The number of nitrogens with one attached hydrogen (secondary N) is 1. The van der Waals surface area contributed by atoms with Crippen LogP contribution in [0.2, 0.25) is 0 Å². The van der Waals surface area contributed by atoms with E-state index in [0.29, 0.717) is 27.6 Å². The van der Waals surface area contributed by atoms with Gasteiger partial charge in [-0.05, 0) is 42.9 Å². The Hall–Kier alpha value is -2.87. The molecular weight excluding hydrogens is 380 g/mol. The molecule has 2 heterocycles. The first-order valence-electron chi connectivity index (χ1n) is 9.09. The third-order valence-corrected chi connectivity index (χ3v) is 6.20. The van der Waals surface area contributed by atoms with Crippen molar-refractivity contribution in [3.63, 3.8) is 0 Å². The van der Waals surface area contributed by atoms with Gasteiger partial charge in [-0.2, -0.15) is 0 Å². The predicted octanol–water partition coefficient (Wildman–Crippen LogP) is 3.21. The summed E-state index contributed by atoms with van der Waals surface area (Å²) >= 11 is 1.41. The Morgan fingerprint density at radius 3 is 2.93 bits per heavy atom. The zero-order valence-corrected chi connectivity index (χ0v) is 16.4. The topological polar surface area (TPSA) is 90.5 Å². The summed E-state index contributed by atoms with van der Waals surface area (Å²) in [4.78, 5) is 38.2. The van der Waals surface area contributed by atoms with E-state index < -0.39 is 17.6 Å². The van der Waals surface area contributed by atoms with E-state index in [1.54, 1.807) is 24.3 Å². The van der Waals surface area contributed by atoms with Gasteiger partial charge < -0.3 is 14.5 Å². The molecule has 0 saturated carbocycles. The lowest BCUT2D eigenvalue weighted by Gasteiger charge is -2.18. The van der Waals surface area contributed by atoms with Crippen molar-refractivity contribution in [2.75, 3.05) is 12.4 Å². The Balaban J connectivity index is 1.63. The number of aromatic nitrogens is 1. The SMILES string of the molecule is COC(=O)c1c(NC(=O)Cn2c(=O)oc3ccccc32)sc2c1CCC(C)C2. The number of rotatable bonds is 4. The van der Waals surface area contributed by atoms with Crippen LogP contribution >= 0.6 is 11.3 Å². The molecule has 1 aliphatic carbocycles. The number of hydrogen-bond donors (Lipinski definition) is 1. The normalized spacial score (nSPS) is 16.0. The van der Waals surface area contributed by atoms with Crippen molar-refractivity contribution in [1.82, 2.24) is 4.57 Å². The Labute approximate surface area is 164 Å². The van der Waals surface area contributed by atoms with Crippen LogP contribution in [0.4, 0.5) is 5.00 Å². The number of methoxy groups -OCH3 is 1. The van der Waals surface area contributed by atoms with Crippen LogP contribution in [0.5, 0.6) is 0 Å². The summed E-state index contributed by atoms with van der Waals surface area (Å²) in [5.74, 6) is -0.904. The maximum atomic E-state index is 12.7. The molecule has 146 valence electrons. The van der Waals surface area contributed by atoms with Crippen molar-refractivity contribution >= 4 is 39.3 Å². The molecule has 1 unspecified atom stereocenters. The highest BCUT2D eigenvalue weighted by molar-refractivity contribution is 7.17. The second-order valence-corrected chi connectivity index (χ2v) is 8.12. The lowest BCUT2D eigenvalue weighted by atomic mass is 9.88. The first kappa shape index (κ1) is 18.5. The van der Waals surface area contributed by atoms with Gasteiger partial charge in [0, 0.05) is 4.88 Å². The molecule has 8 heteroatoms. The highest BCUT2D eigenvalue weighted by Crippen LogP contribution is 2.40. The number of oxazole rings is 1. The molecule has 0 spiro atoms. The van der Waals surface area contributed by atoms with Crippen LogP contribution in [0.3, 0.4) is 0 Å². The van der Waals surface area contributed by atoms with E-state index in [1.807, 2.05) is 0 Å². The summed E-state index contributed by atoms with van der Waals surface area (Å²) in [5, 5.41) is 3.29. The van der Waals surface area contributed by atoms with Crippen LogP contribution in [0.25, 0.3) is 11.1 Å². The number of benzene rings is 1. The minimum Gasteiger partial charge on any atom is -0.465 e. The standard InChI is InChI=1S/C20H20N2O5S/c1-11-7-8-12-15(9-11)28-18(17(12)19(24)26-2)21-16(23)10-22-13-5-3-4-6-14(13)27-20(22)25/h3-6,11H,7-10H2,1-2H3,(H,21,23). The highest BCUT2D eigenvalue weighted by atomic mass is 32.1. The molecule has 3 aromatic rings. The summed E-state index contributed by atoms with van der Waals surface area (Å²) in [6.07, 6.45) is 2.67. The number of para-hydroxylation sites is 2. The van der Waals surface area contributed by atoms with E-state index in [2.05, 4.69) is 12.2 Å². The number of esters is 1. The summed E-state index contributed by atoms with van der Waals surface area (Å²) in [6.45, 7) is 1.98. The average Bonchev–Trinajstić information content (AvgIpc) is 3.17. The number of nitrogens with zero attached hydrogens (tertiary/aromatic N) is 1. The molecule has 1 N–H and O–H groups in total. The Morgan fingerprint density at radius 2 is 2.14 bits per heavy atom. The molecule has 1 amide bonds. The smallest absolute Gasteiger partial charge is 0.420 e. The van der Waals surface area contributed by atoms with Gasteiger partial charge >= 0.3 is 11.7 Å². The molecule has 0 bridgehead atoms. The molecule has 0 radical (unpaired) electrons. The lowest BCUT2D eigenvalue weighted by molar-refractivity contribution is -0.116. The summed E-state index contributed by atoms with van der Waals surface area (Å²) in [6, 6.07) is 6.93. The molecule has 28 heavy (non-hydrogen) atoms. The number of thiophene rings is 1. The second-order valence-electron chi connectivity index (χ2n) is 7.02. The average molecular weight is 400 g/mol. The molecule has 0 aliphatic heterocycles. The molecule has 1 aromatic carbocycles. The number of ether oxygens (including phenoxy) is 1. The van der Waals surface area contributed by atoms with E-state index in [1.165, 1.54) is 23.0 Å². The van der Waals surface area contributed by atoms with Crippen LogP contribution < -0.4 is 11.1 Å². The van der Waals surface area contributed by atoms with Gasteiger partial charge in [0.25, 0.3) is 0 Å². The molecule has 2 aromatic heterocycles. The molecule has 0 fully saturated rings. The van der Waals surface area contributed by atoms with Gasteiger partial charge in [-0.25, -0.2) is 9.59 Å². The van der Waals surface area contributed by atoms with Gasteiger partial charge in [0.15, 0.2) is 5.58 Å². The van der Waals surface area contributed by atoms with Gasteiger partial charge in [0.2, 0.25) is 5.91 Å². The van der Waals surface area contributed by atoms with Gasteiger partial charge in [0.05, 0.1) is 18.2 Å². The van der Waals surface area contributed by atoms with Crippen molar-refractivity contribution in [3.05, 3.63) is 50.8 Å². The zero-order chi connectivity index (χ0) is 19.8. The predicted molar refractivity (Wildman–Crippen MR) is 106 cm³/mol. The molecule has 4 rings (SSSR count). The number of fused-ring (bicyclic) bond motifs is 2.